The summed E-state index contributed by atoms with van der Waals surface area (Å²) in [4.78, 5) is 27.9. The Kier molecular flexibility index (Phi) is 6.69. The molecule has 0 atom stereocenters. The lowest BCUT2D eigenvalue weighted by Crippen LogP contribution is -2.35. The summed E-state index contributed by atoms with van der Waals surface area (Å²) in [6.07, 6.45) is 0.763. The quantitative estimate of drug-likeness (QED) is 0.796. The highest BCUT2D eigenvalue weighted by Crippen LogP contribution is 2.37. The highest BCUT2D eigenvalue weighted by atomic mass is 35.5. The second-order valence-electron chi connectivity index (χ2n) is 6.35. The lowest BCUT2D eigenvalue weighted by molar-refractivity contribution is 0.0999. The first-order chi connectivity index (χ1) is 11.9. The molecule has 0 aliphatic carbocycles. The number of halogens is 2. The Hall–Kier alpha value is -1.60. The first-order valence-corrected chi connectivity index (χ1v) is 9.31. The number of nitrogens with zero attached hydrogens (tertiary/aromatic N) is 1. The summed E-state index contributed by atoms with van der Waals surface area (Å²) >= 11 is 7.29. The molecule has 2 amide bonds. The van der Waals surface area contributed by atoms with Gasteiger partial charge in [0.2, 0.25) is 0 Å². The van der Waals surface area contributed by atoms with Crippen molar-refractivity contribution in [3.63, 3.8) is 0 Å². The SMILES string of the molecule is CC(C)N1CCc2c(sc(NC(=O)c3ccc(Cl)cc3)c2C(N)=O)C1.Cl. The van der Waals surface area contributed by atoms with Gasteiger partial charge in [0.15, 0.2) is 0 Å². The maximum absolute atomic E-state index is 12.5. The molecular weight excluding hydrogens is 393 g/mol. The largest absolute Gasteiger partial charge is 0.365 e. The molecule has 3 rings (SSSR count). The Labute approximate surface area is 167 Å². The van der Waals surface area contributed by atoms with Crippen molar-refractivity contribution in [2.45, 2.75) is 32.9 Å². The maximum Gasteiger partial charge on any atom is 0.256 e. The molecule has 2 aromatic rings. The van der Waals surface area contributed by atoms with E-state index in [0.717, 1.165) is 30.0 Å². The van der Waals surface area contributed by atoms with Gasteiger partial charge in [0, 0.05) is 34.6 Å². The van der Waals surface area contributed by atoms with Crippen molar-refractivity contribution in [2.24, 2.45) is 5.73 Å². The molecule has 0 saturated carbocycles. The van der Waals surface area contributed by atoms with Crippen molar-refractivity contribution in [3.8, 4) is 0 Å². The van der Waals surface area contributed by atoms with E-state index >= 15 is 0 Å². The molecule has 1 aromatic carbocycles. The molecule has 3 N–H and O–H groups in total. The van der Waals surface area contributed by atoms with Crippen molar-refractivity contribution in [2.75, 3.05) is 11.9 Å². The minimum absolute atomic E-state index is 0. The standard InChI is InChI=1S/C18H20ClN3O2S.ClH/c1-10(2)22-8-7-13-14(9-22)25-18(15(13)16(20)23)21-17(24)11-3-5-12(19)6-4-11;/h3-6,10H,7-9H2,1-2H3,(H2,20,23)(H,21,24);1H. The van der Waals surface area contributed by atoms with Gasteiger partial charge >= 0.3 is 0 Å². The Morgan fingerprint density at radius 3 is 2.50 bits per heavy atom. The van der Waals surface area contributed by atoms with E-state index in [-0.39, 0.29) is 18.3 Å². The average molecular weight is 414 g/mol. The van der Waals surface area contributed by atoms with Crippen LogP contribution in [0.4, 0.5) is 5.00 Å². The summed E-state index contributed by atoms with van der Waals surface area (Å²) in [5, 5.41) is 3.94. The number of nitrogens with two attached hydrogens (primary N) is 1. The van der Waals surface area contributed by atoms with Crippen LogP contribution in [0, 0.1) is 0 Å². The first-order valence-electron chi connectivity index (χ1n) is 8.12. The Bertz CT molecular complexity index is 819. The Balaban J connectivity index is 0.00000243. The van der Waals surface area contributed by atoms with Gasteiger partial charge in [0.05, 0.1) is 5.56 Å². The van der Waals surface area contributed by atoms with E-state index < -0.39 is 5.91 Å². The second-order valence-corrected chi connectivity index (χ2v) is 7.89. The van der Waals surface area contributed by atoms with E-state index in [1.165, 1.54) is 11.3 Å². The predicted octanol–water partition coefficient (Wildman–Crippen LogP) is 3.94. The number of rotatable bonds is 4. The highest BCUT2D eigenvalue weighted by Gasteiger charge is 2.28. The molecule has 0 spiro atoms. The Morgan fingerprint density at radius 1 is 1.27 bits per heavy atom. The fourth-order valence-electron chi connectivity index (χ4n) is 2.99. The van der Waals surface area contributed by atoms with E-state index in [1.807, 2.05) is 0 Å². The maximum atomic E-state index is 12.5. The summed E-state index contributed by atoms with van der Waals surface area (Å²) < 4.78 is 0. The third-order valence-corrected chi connectivity index (χ3v) is 5.78. The van der Waals surface area contributed by atoms with Gasteiger partial charge in [0.1, 0.15) is 5.00 Å². The molecule has 0 bridgehead atoms. The first kappa shape index (κ1) is 20.7. The summed E-state index contributed by atoms with van der Waals surface area (Å²) in [6, 6.07) is 7.04. The van der Waals surface area contributed by atoms with Crippen LogP contribution in [0.25, 0.3) is 0 Å². The van der Waals surface area contributed by atoms with Crippen molar-refractivity contribution in [1.82, 2.24) is 4.90 Å². The second kappa shape index (κ2) is 8.39. The monoisotopic (exact) mass is 413 g/mol. The summed E-state index contributed by atoms with van der Waals surface area (Å²) in [7, 11) is 0. The molecule has 0 saturated heterocycles. The summed E-state index contributed by atoms with van der Waals surface area (Å²) in [5.41, 5.74) is 7.50. The number of hydrogen-bond donors (Lipinski definition) is 2. The van der Waals surface area contributed by atoms with E-state index in [9.17, 15) is 9.59 Å². The van der Waals surface area contributed by atoms with Gasteiger partial charge in [0.25, 0.3) is 11.8 Å². The molecule has 140 valence electrons. The molecule has 8 heteroatoms. The van der Waals surface area contributed by atoms with Crippen molar-refractivity contribution >= 4 is 52.2 Å². The van der Waals surface area contributed by atoms with Gasteiger partial charge in [-0.15, -0.1) is 23.7 Å². The number of carbonyl (C=O) groups is 2. The van der Waals surface area contributed by atoms with E-state index in [2.05, 4.69) is 24.1 Å². The minimum atomic E-state index is -0.498. The van der Waals surface area contributed by atoms with Crippen LogP contribution in [0.3, 0.4) is 0 Å². The zero-order chi connectivity index (χ0) is 18.1. The normalized spacial score (nSPS) is 13.8. The predicted molar refractivity (Wildman–Crippen MR) is 109 cm³/mol. The smallest absolute Gasteiger partial charge is 0.256 e. The molecule has 0 fully saturated rings. The molecular formula is C18H21Cl2N3O2S. The number of carbonyl (C=O) groups excluding carboxylic acids is 2. The number of anilines is 1. The zero-order valence-corrected chi connectivity index (χ0v) is 16.9. The van der Waals surface area contributed by atoms with Crippen molar-refractivity contribution in [1.29, 1.82) is 0 Å². The third kappa shape index (κ3) is 4.20. The van der Waals surface area contributed by atoms with Crippen LogP contribution < -0.4 is 11.1 Å². The van der Waals surface area contributed by atoms with E-state index in [4.69, 9.17) is 17.3 Å². The van der Waals surface area contributed by atoms with Crippen molar-refractivity contribution < 1.29 is 9.59 Å². The van der Waals surface area contributed by atoms with Crippen LogP contribution in [-0.2, 0) is 13.0 Å². The van der Waals surface area contributed by atoms with Gasteiger partial charge in [-0.2, -0.15) is 0 Å². The topological polar surface area (TPSA) is 75.4 Å². The molecule has 2 heterocycles. The number of amides is 2. The fraction of sp³-hybridized carbons (Fsp3) is 0.333. The zero-order valence-electron chi connectivity index (χ0n) is 14.5. The van der Waals surface area contributed by atoms with Gasteiger partial charge in [-0.1, -0.05) is 11.6 Å². The van der Waals surface area contributed by atoms with Gasteiger partial charge in [-0.25, -0.2) is 0 Å². The van der Waals surface area contributed by atoms with Crippen LogP contribution in [0.2, 0.25) is 5.02 Å². The van der Waals surface area contributed by atoms with Crippen molar-refractivity contribution in [3.05, 3.63) is 50.9 Å². The Morgan fingerprint density at radius 2 is 1.92 bits per heavy atom. The van der Waals surface area contributed by atoms with Crippen LogP contribution in [0.1, 0.15) is 45.0 Å². The lowest BCUT2D eigenvalue weighted by atomic mass is 10.0. The number of benzene rings is 1. The van der Waals surface area contributed by atoms with Gasteiger partial charge in [-0.05, 0) is 50.1 Å². The highest BCUT2D eigenvalue weighted by molar-refractivity contribution is 7.17. The molecule has 1 aromatic heterocycles. The van der Waals surface area contributed by atoms with E-state index in [0.29, 0.717) is 27.2 Å². The third-order valence-electron chi connectivity index (χ3n) is 4.40. The van der Waals surface area contributed by atoms with E-state index in [1.54, 1.807) is 24.3 Å². The molecule has 1 aliphatic rings. The number of fused-ring (bicyclic) bond motifs is 1. The molecule has 5 nitrogen and oxygen atoms in total. The van der Waals surface area contributed by atoms with Gasteiger partial charge < -0.3 is 11.1 Å². The fourth-order valence-corrected chi connectivity index (χ4v) is 4.39. The molecule has 0 radical (unpaired) electrons. The molecule has 26 heavy (non-hydrogen) atoms. The van der Waals surface area contributed by atoms with Gasteiger partial charge in [-0.3, -0.25) is 14.5 Å². The number of primary amides is 1. The summed E-state index contributed by atoms with van der Waals surface area (Å²) in [5.74, 6) is -0.777. The van der Waals surface area contributed by atoms with Crippen LogP contribution in [0.15, 0.2) is 24.3 Å². The molecule has 1 aliphatic heterocycles. The average Bonchev–Trinajstić information content (AvgIpc) is 2.92. The minimum Gasteiger partial charge on any atom is -0.365 e. The van der Waals surface area contributed by atoms with Crippen LogP contribution in [0.5, 0.6) is 0 Å². The number of hydrogen-bond acceptors (Lipinski definition) is 4. The molecule has 0 unspecified atom stereocenters. The lowest BCUT2D eigenvalue weighted by Gasteiger charge is -2.30. The van der Waals surface area contributed by atoms with Crippen LogP contribution in [-0.4, -0.2) is 29.3 Å². The number of nitrogens with one attached hydrogen (secondary N) is 1. The number of thiophene rings is 1. The summed E-state index contributed by atoms with van der Waals surface area (Å²) in [6.45, 7) is 5.95. The van der Waals surface area contributed by atoms with Crippen LogP contribution >= 0.6 is 35.3 Å².